The monoisotopic (exact) mass is 900 g/mol. The molecule has 2 unspecified atom stereocenters. The molecule has 2 aromatic heterocycles. The quantitative estimate of drug-likeness (QED) is 0.123. The van der Waals surface area contributed by atoms with Crippen LogP contribution < -0.4 is 32.3 Å². The Kier molecular flexibility index (Phi) is 16.0. The van der Waals surface area contributed by atoms with Crippen LogP contribution in [0.25, 0.3) is 0 Å². The number of likely N-dealkylation sites (tertiary alicyclic amines) is 2. The van der Waals surface area contributed by atoms with Crippen LogP contribution in [0.15, 0.2) is 61.2 Å². The van der Waals surface area contributed by atoms with Crippen molar-refractivity contribution in [3.8, 4) is 0 Å². The third kappa shape index (κ3) is 11.8. The van der Waals surface area contributed by atoms with Crippen LogP contribution in [0.5, 0.6) is 0 Å². The molecule has 8 rings (SSSR count). The summed E-state index contributed by atoms with van der Waals surface area (Å²) in [5.41, 5.74) is 12.4. The summed E-state index contributed by atoms with van der Waals surface area (Å²) in [6.45, 7) is 9.13. The number of amides is 2. The largest absolute Gasteiger partial charge is 0.381 e. The Morgan fingerprint density at radius 2 is 1.25 bits per heavy atom. The molecule has 0 radical (unpaired) electrons. The molecule has 4 fully saturated rings. The van der Waals surface area contributed by atoms with Crippen molar-refractivity contribution in [2.75, 3.05) is 66.3 Å². The number of nitrogens with zero attached hydrogens (tertiary/aromatic N) is 7. The van der Waals surface area contributed by atoms with Gasteiger partial charge in [0.15, 0.2) is 22.6 Å². The summed E-state index contributed by atoms with van der Waals surface area (Å²) in [5.74, 6) is -0.375. The summed E-state index contributed by atoms with van der Waals surface area (Å²) in [6, 6.07) is 14.8. The molecule has 19 heteroatoms. The highest BCUT2D eigenvalue weighted by molar-refractivity contribution is 6.31. The van der Waals surface area contributed by atoms with Crippen molar-refractivity contribution in [2.24, 2.45) is 11.8 Å². The van der Waals surface area contributed by atoms with Crippen LogP contribution in [0.2, 0.25) is 15.2 Å². The van der Waals surface area contributed by atoms with Crippen molar-refractivity contribution in [2.45, 2.75) is 76.5 Å². The van der Waals surface area contributed by atoms with Crippen molar-refractivity contribution in [1.29, 1.82) is 0 Å². The molecule has 328 valence electrons. The number of hydrogen-bond acceptors (Lipinski definition) is 12. The molecule has 7 N–H and O–H groups in total. The Morgan fingerprint density at radius 1 is 0.705 bits per heavy atom. The predicted octanol–water partition coefficient (Wildman–Crippen LogP) is 6.76. The van der Waals surface area contributed by atoms with Crippen molar-refractivity contribution in [3.63, 3.8) is 0 Å². The standard InChI is InChI=1S/C21H26ClFN6O.C17H24ClN3O.C4H3ClFN3/c1-13-7-9-28(20-18(23)19(24)25-12-26-20)11-17(13)29-8-3-6-16(21(29)30)27-15-5-2-4-14(22)10-15;1-12-7-8-19-11-16(12)21-9-3-6-15(17(21)22)20-14-5-2-4-13(18)10-14;5-3-2(6)4(7)9-1-8-3/h2,4-5,10,12-13,16-17,27H,3,6-9,11H2,1H3,(H2,24,25,26);2,4-5,10,12,15-16,19-20H,3,6-9,11H2,1H3;1H,(H2,7,8,9)/t13-,16?,17-;12-,15?,16-;/m00./s1. The number of anilines is 5. The zero-order chi connectivity index (χ0) is 43.6. The summed E-state index contributed by atoms with van der Waals surface area (Å²) < 4.78 is 26.8. The second-order valence-electron chi connectivity index (χ2n) is 15.8. The van der Waals surface area contributed by atoms with E-state index in [-0.39, 0.29) is 52.5 Å². The molecular weight excluding hydrogens is 849 g/mol. The van der Waals surface area contributed by atoms with Gasteiger partial charge in [0, 0.05) is 60.2 Å². The fourth-order valence-electron chi connectivity index (χ4n) is 8.28. The number of piperidine rings is 4. The van der Waals surface area contributed by atoms with E-state index in [1.807, 2.05) is 52.3 Å². The van der Waals surface area contributed by atoms with Gasteiger partial charge in [-0.2, -0.15) is 8.78 Å². The van der Waals surface area contributed by atoms with Crippen LogP contribution in [0.3, 0.4) is 0 Å². The van der Waals surface area contributed by atoms with E-state index in [9.17, 15) is 18.4 Å². The number of benzene rings is 2. The van der Waals surface area contributed by atoms with Gasteiger partial charge in [-0.25, -0.2) is 19.9 Å². The van der Waals surface area contributed by atoms with Gasteiger partial charge in [0.25, 0.3) is 0 Å². The molecule has 4 aliphatic heterocycles. The number of hydrogen-bond donors (Lipinski definition) is 5. The maximum Gasteiger partial charge on any atom is 0.245 e. The van der Waals surface area contributed by atoms with E-state index < -0.39 is 11.6 Å². The first kappa shape index (κ1) is 45.7. The second-order valence-corrected chi connectivity index (χ2v) is 17.1. The van der Waals surface area contributed by atoms with Gasteiger partial charge >= 0.3 is 0 Å². The van der Waals surface area contributed by atoms with Crippen molar-refractivity contribution < 1.29 is 18.4 Å². The van der Waals surface area contributed by atoms with Gasteiger partial charge in [0.1, 0.15) is 24.7 Å². The Morgan fingerprint density at radius 3 is 1.79 bits per heavy atom. The summed E-state index contributed by atoms with van der Waals surface area (Å²) in [7, 11) is 0. The maximum absolute atomic E-state index is 14.5. The third-order valence-corrected chi connectivity index (χ3v) is 12.4. The number of carbonyl (C=O) groups is 2. The summed E-state index contributed by atoms with van der Waals surface area (Å²) in [5, 5.41) is 11.2. The summed E-state index contributed by atoms with van der Waals surface area (Å²) >= 11 is 17.3. The molecule has 6 atom stereocenters. The number of carbonyl (C=O) groups excluding carboxylic acids is 2. The van der Waals surface area contributed by atoms with Gasteiger partial charge in [-0.3, -0.25) is 9.59 Å². The molecule has 4 saturated heterocycles. The van der Waals surface area contributed by atoms with Crippen LogP contribution in [0.1, 0.15) is 52.4 Å². The zero-order valence-corrected chi connectivity index (χ0v) is 36.5. The number of aromatic nitrogens is 4. The Bertz CT molecular complexity index is 2100. The molecule has 14 nitrogen and oxygen atoms in total. The number of nitrogens with two attached hydrogens (primary N) is 2. The third-order valence-electron chi connectivity index (χ3n) is 11.7. The lowest BCUT2D eigenvalue weighted by Crippen LogP contribution is -2.59. The Labute approximate surface area is 370 Å². The lowest BCUT2D eigenvalue weighted by Gasteiger charge is -2.46. The van der Waals surface area contributed by atoms with Gasteiger partial charge in [0.2, 0.25) is 23.4 Å². The van der Waals surface area contributed by atoms with Crippen LogP contribution in [-0.4, -0.2) is 105 Å². The van der Waals surface area contributed by atoms with Crippen LogP contribution >= 0.6 is 34.8 Å². The van der Waals surface area contributed by atoms with Gasteiger partial charge in [-0.15, -0.1) is 0 Å². The molecule has 4 aromatic rings. The highest BCUT2D eigenvalue weighted by Crippen LogP contribution is 2.31. The molecule has 4 aliphatic rings. The van der Waals surface area contributed by atoms with E-state index in [4.69, 9.17) is 46.3 Å². The first-order chi connectivity index (χ1) is 29.3. The Balaban J connectivity index is 0.000000175. The molecule has 0 aliphatic carbocycles. The van der Waals surface area contributed by atoms with Gasteiger partial charge < -0.3 is 42.1 Å². The first-order valence-corrected chi connectivity index (χ1v) is 21.7. The maximum atomic E-state index is 14.5. The zero-order valence-electron chi connectivity index (χ0n) is 34.2. The van der Waals surface area contributed by atoms with E-state index in [1.165, 1.54) is 6.33 Å². The topological polar surface area (TPSA) is 184 Å². The lowest BCUT2D eigenvalue weighted by atomic mass is 9.89. The smallest absolute Gasteiger partial charge is 0.245 e. The second kappa shape index (κ2) is 21.3. The molecule has 61 heavy (non-hydrogen) atoms. The fraction of sp³-hybridized carbons (Fsp3) is 0.476. The molecule has 2 amide bonds. The van der Waals surface area contributed by atoms with Crippen LogP contribution in [0, 0.1) is 23.5 Å². The number of halogens is 5. The van der Waals surface area contributed by atoms with Crippen molar-refractivity contribution >= 4 is 75.4 Å². The Hall–Kier alpha value is -4.77. The molecular formula is C42H53Cl3F2N12O2. The number of nitrogen functional groups attached to an aromatic ring is 2. The van der Waals surface area contributed by atoms with Crippen LogP contribution in [0.4, 0.5) is 37.6 Å². The molecule has 0 bridgehead atoms. The van der Waals surface area contributed by atoms with Gasteiger partial charge in [-0.05, 0) is 93.3 Å². The minimum atomic E-state index is -0.765. The van der Waals surface area contributed by atoms with Crippen LogP contribution in [-0.2, 0) is 9.59 Å². The van der Waals surface area contributed by atoms with E-state index in [1.54, 1.807) is 6.07 Å². The minimum Gasteiger partial charge on any atom is -0.381 e. The van der Waals surface area contributed by atoms with Gasteiger partial charge in [0.05, 0.1) is 6.04 Å². The van der Waals surface area contributed by atoms with E-state index in [0.717, 1.165) is 75.9 Å². The SMILES string of the molecule is C[C@H]1CCN(c2ncnc(N)c2F)C[C@@H]1N1CCCC(Nc2cccc(Cl)c2)C1=O.C[C@H]1CCNC[C@@H]1N1CCCC(Nc2cccc(Cl)c2)C1=O.Nc1ncnc(Cl)c1F. The number of nitrogens with one attached hydrogen (secondary N) is 3. The molecule has 0 spiro atoms. The van der Waals surface area contributed by atoms with E-state index in [2.05, 4.69) is 54.6 Å². The normalized spacial score (nSPS) is 24.2. The number of rotatable bonds is 7. The molecule has 6 heterocycles. The van der Waals surface area contributed by atoms with Gasteiger partial charge in [-0.1, -0.05) is 60.8 Å². The molecule has 0 saturated carbocycles. The first-order valence-electron chi connectivity index (χ1n) is 20.6. The minimum absolute atomic E-state index is 0.0224. The highest BCUT2D eigenvalue weighted by atomic mass is 35.5. The lowest BCUT2D eigenvalue weighted by molar-refractivity contribution is -0.139. The van der Waals surface area contributed by atoms with E-state index in [0.29, 0.717) is 47.6 Å². The summed E-state index contributed by atoms with van der Waals surface area (Å²) in [4.78, 5) is 46.6. The highest BCUT2D eigenvalue weighted by Gasteiger charge is 2.39. The summed E-state index contributed by atoms with van der Waals surface area (Å²) in [6.07, 6.45) is 7.96. The van der Waals surface area contributed by atoms with Crippen molar-refractivity contribution in [1.82, 2.24) is 35.1 Å². The average molecular weight is 902 g/mol. The van der Waals surface area contributed by atoms with E-state index >= 15 is 0 Å². The van der Waals surface area contributed by atoms with Crippen molar-refractivity contribution in [3.05, 3.63) is 88.0 Å². The fourth-order valence-corrected chi connectivity index (χ4v) is 8.80. The average Bonchev–Trinajstić information content (AvgIpc) is 3.24. The predicted molar refractivity (Wildman–Crippen MR) is 238 cm³/mol. The molecule has 2 aromatic carbocycles.